The maximum atomic E-state index is 11.0. The molecule has 1 rings (SSSR count). The number of hydrogen-bond acceptors (Lipinski definition) is 4. The van der Waals surface area contributed by atoms with Crippen molar-refractivity contribution in [2.24, 2.45) is 5.73 Å². The van der Waals surface area contributed by atoms with Crippen molar-refractivity contribution in [3.8, 4) is 0 Å². The lowest BCUT2D eigenvalue weighted by Crippen LogP contribution is -2.29. The number of rotatable bonds is 6. The number of carbonyl (C=O) groups is 2. The molecule has 0 saturated carbocycles. The molecule has 0 bridgehead atoms. The van der Waals surface area contributed by atoms with Gasteiger partial charge in [-0.05, 0) is 24.5 Å². The van der Waals surface area contributed by atoms with Gasteiger partial charge in [-0.15, -0.1) is 0 Å². The molecular weight excluding hydrogens is 222 g/mol. The highest BCUT2D eigenvalue weighted by Crippen LogP contribution is 1.99. The van der Waals surface area contributed by atoms with E-state index in [2.05, 4.69) is 15.0 Å². The van der Waals surface area contributed by atoms with Gasteiger partial charge in [-0.2, -0.15) is 0 Å². The van der Waals surface area contributed by atoms with E-state index in [4.69, 9.17) is 5.73 Å². The normalized spacial score (nSPS) is 9.65. The second-order valence-corrected chi connectivity index (χ2v) is 3.43. The predicted molar refractivity (Wildman–Crippen MR) is 61.1 cm³/mol. The van der Waals surface area contributed by atoms with Crippen LogP contribution in [0.1, 0.15) is 12.0 Å². The molecule has 1 aromatic heterocycles. The first-order chi connectivity index (χ1) is 8.18. The molecule has 6 nitrogen and oxygen atoms in total. The van der Waals surface area contributed by atoms with Gasteiger partial charge >= 0.3 is 6.09 Å². The molecule has 0 aliphatic carbocycles. The highest BCUT2D eigenvalue weighted by atomic mass is 16.6. The highest BCUT2D eigenvalue weighted by molar-refractivity contribution is 5.78. The average Bonchev–Trinajstić information content (AvgIpc) is 2.33. The molecule has 6 heteroatoms. The van der Waals surface area contributed by atoms with Gasteiger partial charge in [0.05, 0.1) is 0 Å². The van der Waals surface area contributed by atoms with Crippen LogP contribution in [-0.4, -0.2) is 30.1 Å². The molecular formula is C11H15N3O3. The Hall–Kier alpha value is -2.11. The maximum Gasteiger partial charge on any atom is 0.407 e. The maximum absolute atomic E-state index is 11.0. The van der Waals surface area contributed by atoms with Gasteiger partial charge in [-0.1, -0.05) is 6.07 Å². The molecule has 0 saturated heterocycles. The minimum Gasteiger partial charge on any atom is -0.439 e. The van der Waals surface area contributed by atoms with Gasteiger partial charge in [0, 0.05) is 18.9 Å². The van der Waals surface area contributed by atoms with E-state index in [0.717, 1.165) is 18.4 Å². The summed E-state index contributed by atoms with van der Waals surface area (Å²) in [6.45, 7) is 0.0843. The van der Waals surface area contributed by atoms with E-state index in [1.807, 2.05) is 12.1 Å². The largest absolute Gasteiger partial charge is 0.439 e. The number of hydrogen-bond donors (Lipinski definition) is 2. The minimum absolute atomic E-state index is 0.394. The van der Waals surface area contributed by atoms with Crippen LogP contribution in [0, 0.1) is 0 Å². The number of nitrogens with one attached hydrogen (secondary N) is 1. The lowest BCUT2D eigenvalue weighted by molar-refractivity contribution is -0.120. The van der Waals surface area contributed by atoms with Gasteiger partial charge < -0.3 is 15.8 Å². The third-order valence-electron chi connectivity index (χ3n) is 1.98. The van der Waals surface area contributed by atoms with Gasteiger partial charge in [0.25, 0.3) is 5.91 Å². The van der Waals surface area contributed by atoms with Crippen molar-refractivity contribution < 1.29 is 14.3 Å². The summed E-state index contributed by atoms with van der Waals surface area (Å²) in [4.78, 5) is 25.3. The summed E-state index contributed by atoms with van der Waals surface area (Å²) in [6.07, 6.45) is 4.46. The summed E-state index contributed by atoms with van der Waals surface area (Å²) >= 11 is 0. The number of primary amides is 1. The van der Waals surface area contributed by atoms with E-state index in [1.54, 1.807) is 12.4 Å². The first kappa shape index (κ1) is 13.0. The third kappa shape index (κ3) is 6.14. The summed E-state index contributed by atoms with van der Waals surface area (Å²) in [5.74, 6) is -0.671. The summed E-state index contributed by atoms with van der Waals surface area (Å²) in [5, 5.41) is 2.52. The fraction of sp³-hybridized carbons (Fsp3) is 0.364. The summed E-state index contributed by atoms with van der Waals surface area (Å²) in [7, 11) is 0. The number of ether oxygens (including phenoxy) is 1. The first-order valence-corrected chi connectivity index (χ1v) is 5.26. The summed E-state index contributed by atoms with van der Waals surface area (Å²) < 4.78 is 4.52. The molecule has 0 aliphatic rings. The van der Waals surface area contributed by atoms with Crippen molar-refractivity contribution in [2.75, 3.05) is 13.2 Å². The van der Waals surface area contributed by atoms with Crippen LogP contribution in [0.2, 0.25) is 0 Å². The smallest absolute Gasteiger partial charge is 0.407 e. The van der Waals surface area contributed by atoms with E-state index in [0.29, 0.717) is 6.54 Å². The zero-order chi connectivity index (χ0) is 12.5. The predicted octanol–water partition coefficient (Wildman–Crippen LogP) is 0.226. The average molecular weight is 237 g/mol. The standard InChI is InChI=1S/C11H15N3O3/c12-10(15)8-17-11(16)14-6-2-4-9-3-1-5-13-7-9/h1,3,5,7H,2,4,6,8H2,(H2,12,15)(H,14,16). The molecule has 3 N–H and O–H groups in total. The number of carbonyl (C=O) groups excluding carboxylic acids is 2. The molecule has 0 aromatic carbocycles. The van der Waals surface area contributed by atoms with Crippen LogP contribution in [0.15, 0.2) is 24.5 Å². The second kappa shape index (κ2) is 7.21. The molecule has 0 radical (unpaired) electrons. The van der Waals surface area contributed by atoms with Gasteiger partial charge in [0.15, 0.2) is 6.61 Å². The summed E-state index contributed by atoms with van der Waals surface area (Å²) in [5.41, 5.74) is 5.93. The molecule has 0 atom stereocenters. The van der Waals surface area contributed by atoms with Gasteiger partial charge in [-0.3, -0.25) is 9.78 Å². The Kier molecular flexibility index (Phi) is 5.50. The van der Waals surface area contributed by atoms with Crippen molar-refractivity contribution in [1.29, 1.82) is 0 Å². The number of nitrogens with zero attached hydrogens (tertiary/aromatic N) is 1. The Morgan fingerprint density at radius 3 is 2.94 bits per heavy atom. The fourth-order valence-corrected chi connectivity index (χ4v) is 1.22. The number of pyridine rings is 1. The number of nitrogens with two attached hydrogens (primary N) is 1. The monoisotopic (exact) mass is 237 g/mol. The van der Waals surface area contributed by atoms with Crippen LogP contribution < -0.4 is 11.1 Å². The van der Waals surface area contributed by atoms with Gasteiger partial charge in [0.2, 0.25) is 0 Å². The molecule has 17 heavy (non-hydrogen) atoms. The molecule has 2 amide bonds. The van der Waals surface area contributed by atoms with Crippen molar-refractivity contribution in [1.82, 2.24) is 10.3 Å². The first-order valence-electron chi connectivity index (χ1n) is 5.26. The molecule has 1 aromatic rings. The Morgan fingerprint density at radius 2 is 2.29 bits per heavy atom. The molecule has 1 heterocycles. The lowest BCUT2D eigenvalue weighted by Gasteiger charge is -2.05. The quantitative estimate of drug-likeness (QED) is 0.692. The van der Waals surface area contributed by atoms with Crippen LogP contribution in [0.3, 0.4) is 0 Å². The van der Waals surface area contributed by atoms with Crippen molar-refractivity contribution in [2.45, 2.75) is 12.8 Å². The number of aryl methyl sites for hydroxylation is 1. The molecule has 92 valence electrons. The molecule has 0 spiro atoms. The van der Waals surface area contributed by atoms with Gasteiger partial charge in [0.1, 0.15) is 0 Å². The lowest BCUT2D eigenvalue weighted by atomic mass is 10.2. The van der Waals surface area contributed by atoms with Crippen LogP contribution >= 0.6 is 0 Å². The van der Waals surface area contributed by atoms with Crippen molar-refractivity contribution >= 4 is 12.0 Å². The van der Waals surface area contributed by atoms with Crippen LogP contribution in [0.4, 0.5) is 4.79 Å². The van der Waals surface area contributed by atoms with Crippen LogP contribution in [0.25, 0.3) is 0 Å². The molecule has 0 aliphatic heterocycles. The van der Waals surface area contributed by atoms with Crippen LogP contribution in [-0.2, 0) is 16.0 Å². The Balaban J connectivity index is 2.08. The van der Waals surface area contributed by atoms with E-state index >= 15 is 0 Å². The minimum atomic E-state index is -0.671. The Bertz CT molecular complexity index is 367. The number of aromatic nitrogens is 1. The topological polar surface area (TPSA) is 94.3 Å². The number of alkyl carbamates (subject to hydrolysis) is 1. The number of amides is 2. The van der Waals surface area contributed by atoms with Crippen LogP contribution in [0.5, 0.6) is 0 Å². The zero-order valence-electron chi connectivity index (χ0n) is 9.39. The highest BCUT2D eigenvalue weighted by Gasteiger charge is 2.02. The Morgan fingerprint density at radius 1 is 1.47 bits per heavy atom. The summed E-state index contributed by atoms with van der Waals surface area (Å²) in [6, 6.07) is 3.84. The van der Waals surface area contributed by atoms with Crippen molar-refractivity contribution in [3.05, 3.63) is 30.1 Å². The van der Waals surface area contributed by atoms with Gasteiger partial charge in [-0.25, -0.2) is 4.79 Å². The Labute approximate surface area is 99.2 Å². The van der Waals surface area contributed by atoms with E-state index in [9.17, 15) is 9.59 Å². The molecule has 0 unspecified atom stereocenters. The van der Waals surface area contributed by atoms with E-state index < -0.39 is 18.6 Å². The van der Waals surface area contributed by atoms with Crippen molar-refractivity contribution in [3.63, 3.8) is 0 Å². The second-order valence-electron chi connectivity index (χ2n) is 3.43. The zero-order valence-corrected chi connectivity index (χ0v) is 9.39. The van der Waals surface area contributed by atoms with E-state index in [1.165, 1.54) is 0 Å². The molecule has 0 fully saturated rings. The van der Waals surface area contributed by atoms with E-state index in [-0.39, 0.29) is 0 Å². The third-order valence-corrected chi connectivity index (χ3v) is 1.98. The SMILES string of the molecule is NC(=O)COC(=O)NCCCc1cccnc1. The fourth-order valence-electron chi connectivity index (χ4n) is 1.22.